The molecule has 0 radical (unpaired) electrons. The van der Waals surface area contributed by atoms with Crippen LogP contribution in [0.4, 0.5) is 4.39 Å². The van der Waals surface area contributed by atoms with Crippen LogP contribution in [0.3, 0.4) is 0 Å². The van der Waals surface area contributed by atoms with Crippen LogP contribution < -0.4 is 5.73 Å². The van der Waals surface area contributed by atoms with Crippen LogP contribution in [0.2, 0.25) is 5.02 Å². The van der Waals surface area contributed by atoms with Crippen LogP contribution in [-0.2, 0) is 6.42 Å². The van der Waals surface area contributed by atoms with Crippen LogP contribution in [0.5, 0.6) is 0 Å². The highest BCUT2D eigenvalue weighted by molar-refractivity contribution is 6.31. The lowest BCUT2D eigenvalue weighted by molar-refractivity contribution is 0.557. The smallest absolute Gasteiger partial charge is 0.125 e. The number of hydrogen-bond acceptors (Lipinski definition) is 1. The summed E-state index contributed by atoms with van der Waals surface area (Å²) in [7, 11) is 0. The number of benzene rings is 1. The zero-order chi connectivity index (χ0) is 9.42. The van der Waals surface area contributed by atoms with Crippen LogP contribution in [0, 0.1) is 5.82 Å². The maximum Gasteiger partial charge on any atom is 0.125 e. The van der Waals surface area contributed by atoms with E-state index >= 15 is 0 Å². The van der Waals surface area contributed by atoms with Crippen LogP contribution in [0.15, 0.2) is 12.1 Å². The molecule has 0 amide bonds. The third-order valence-electron chi connectivity index (χ3n) is 2.54. The zero-order valence-electron chi connectivity index (χ0n) is 7.19. The Balaban J connectivity index is 2.56. The lowest BCUT2D eigenvalue weighted by atomic mass is 9.88. The van der Waals surface area contributed by atoms with Gasteiger partial charge >= 0.3 is 0 Å². The molecule has 3 heteroatoms. The first-order valence-corrected chi connectivity index (χ1v) is 4.79. The monoisotopic (exact) mass is 199 g/mol. The molecule has 1 aromatic carbocycles. The minimum Gasteiger partial charge on any atom is -0.324 e. The molecular formula is C10H11ClFN. The topological polar surface area (TPSA) is 26.0 Å². The van der Waals surface area contributed by atoms with Crippen LogP contribution in [0.1, 0.15) is 30.0 Å². The molecule has 70 valence electrons. The highest BCUT2D eigenvalue weighted by Gasteiger charge is 2.19. The molecular weight excluding hydrogens is 189 g/mol. The van der Waals surface area contributed by atoms with Gasteiger partial charge in [-0.25, -0.2) is 4.39 Å². The van der Waals surface area contributed by atoms with E-state index in [1.54, 1.807) is 0 Å². The summed E-state index contributed by atoms with van der Waals surface area (Å²) in [6.07, 6.45) is 2.88. The largest absolute Gasteiger partial charge is 0.324 e. The fourth-order valence-electron chi connectivity index (χ4n) is 1.87. The van der Waals surface area contributed by atoms with E-state index in [9.17, 15) is 4.39 Å². The first kappa shape index (κ1) is 8.97. The highest BCUT2D eigenvalue weighted by Crippen LogP contribution is 2.33. The molecule has 1 nitrogen and oxygen atoms in total. The second-order valence-corrected chi connectivity index (χ2v) is 3.86. The molecule has 0 unspecified atom stereocenters. The number of rotatable bonds is 0. The second kappa shape index (κ2) is 3.28. The third kappa shape index (κ3) is 1.56. The number of halogens is 2. The molecule has 13 heavy (non-hydrogen) atoms. The molecule has 0 saturated carbocycles. The van der Waals surface area contributed by atoms with Crippen LogP contribution in [-0.4, -0.2) is 0 Å². The first-order chi connectivity index (χ1) is 6.18. The summed E-state index contributed by atoms with van der Waals surface area (Å²) in [4.78, 5) is 0. The molecule has 0 heterocycles. The molecule has 0 saturated heterocycles. The summed E-state index contributed by atoms with van der Waals surface area (Å²) in [5, 5.41) is 0.519. The Morgan fingerprint density at radius 3 is 3.00 bits per heavy atom. The summed E-state index contributed by atoms with van der Waals surface area (Å²) in [5.74, 6) is -0.291. The van der Waals surface area contributed by atoms with Crippen molar-refractivity contribution in [2.75, 3.05) is 0 Å². The van der Waals surface area contributed by atoms with Crippen molar-refractivity contribution in [2.24, 2.45) is 5.73 Å². The van der Waals surface area contributed by atoms with Crippen molar-refractivity contribution in [3.8, 4) is 0 Å². The highest BCUT2D eigenvalue weighted by atomic mass is 35.5. The van der Waals surface area contributed by atoms with Crippen LogP contribution in [0.25, 0.3) is 0 Å². The van der Waals surface area contributed by atoms with E-state index in [-0.39, 0.29) is 11.9 Å². The molecule has 2 N–H and O–H groups in total. The van der Waals surface area contributed by atoms with E-state index in [4.69, 9.17) is 17.3 Å². The maximum atomic E-state index is 13.0. The standard InChI is InChI=1S/C10H11ClFN/c11-9-5-6(12)4-8-7(9)2-1-3-10(8)13/h4-5,10H,1-3,13H2/t10-/m1/s1. The van der Waals surface area contributed by atoms with Gasteiger partial charge in [0, 0.05) is 11.1 Å². The number of hydrogen-bond donors (Lipinski definition) is 1. The fraction of sp³-hybridized carbons (Fsp3) is 0.400. The zero-order valence-corrected chi connectivity index (χ0v) is 7.94. The molecule has 0 aromatic heterocycles. The van der Waals surface area contributed by atoms with Crippen molar-refractivity contribution in [3.63, 3.8) is 0 Å². The second-order valence-electron chi connectivity index (χ2n) is 3.45. The number of nitrogens with two attached hydrogens (primary N) is 1. The third-order valence-corrected chi connectivity index (χ3v) is 2.87. The molecule has 1 aliphatic carbocycles. The summed E-state index contributed by atoms with van der Waals surface area (Å²) in [5.41, 5.74) is 7.77. The maximum absolute atomic E-state index is 13.0. The molecule has 0 fully saturated rings. The Bertz CT molecular complexity index is 338. The van der Waals surface area contributed by atoms with Crippen LogP contribution >= 0.6 is 11.6 Å². The molecule has 2 rings (SSSR count). The van der Waals surface area contributed by atoms with Crippen molar-refractivity contribution in [3.05, 3.63) is 34.1 Å². The van der Waals surface area contributed by atoms with Crippen molar-refractivity contribution < 1.29 is 4.39 Å². The van der Waals surface area contributed by atoms with Gasteiger partial charge in [-0.15, -0.1) is 0 Å². The van der Waals surface area contributed by atoms with Crippen molar-refractivity contribution in [2.45, 2.75) is 25.3 Å². The van der Waals surface area contributed by atoms with E-state index in [0.717, 1.165) is 30.4 Å². The molecule has 1 atom stereocenters. The fourth-order valence-corrected chi connectivity index (χ4v) is 2.18. The van der Waals surface area contributed by atoms with Gasteiger partial charge in [-0.2, -0.15) is 0 Å². The summed E-state index contributed by atoms with van der Waals surface area (Å²) in [6, 6.07) is 2.82. The minimum absolute atomic E-state index is 0.0445. The SMILES string of the molecule is N[C@@H]1CCCc2c(Cl)cc(F)cc21. The van der Waals surface area contributed by atoms with Gasteiger partial charge in [0.2, 0.25) is 0 Å². The van der Waals surface area contributed by atoms with Gasteiger partial charge in [0.05, 0.1) is 0 Å². The normalized spacial score (nSPS) is 21.3. The van der Waals surface area contributed by atoms with E-state index in [1.807, 2.05) is 0 Å². The predicted octanol–water partition coefficient (Wildman–Crippen LogP) is 2.82. The van der Waals surface area contributed by atoms with Gasteiger partial charge in [0.1, 0.15) is 5.82 Å². The summed E-state index contributed by atoms with van der Waals surface area (Å²) in [6.45, 7) is 0. The Morgan fingerprint density at radius 2 is 2.23 bits per heavy atom. The van der Waals surface area contributed by atoms with Gasteiger partial charge in [0.15, 0.2) is 0 Å². The first-order valence-electron chi connectivity index (χ1n) is 4.42. The molecule has 1 aliphatic rings. The predicted molar refractivity (Wildman–Crippen MR) is 51.3 cm³/mol. The van der Waals surface area contributed by atoms with Crippen molar-refractivity contribution in [1.29, 1.82) is 0 Å². The van der Waals surface area contributed by atoms with E-state index in [1.165, 1.54) is 12.1 Å². The van der Waals surface area contributed by atoms with Gasteiger partial charge < -0.3 is 5.73 Å². The van der Waals surface area contributed by atoms with E-state index in [0.29, 0.717) is 5.02 Å². The number of fused-ring (bicyclic) bond motifs is 1. The molecule has 0 bridgehead atoms. The molecule has 0 aliphatic heterocycles. The lowest BCUT2D eigenvalue weighted by Crippen LogP contribution is -2.17. The minimum atomic E-state index is -0.291. The Kier molecular flexibility index (Phi) is 2.26. The quantitative estimate of drug-likeness (QED) is 0.683. The average molecular weight is 200 g/mol. The van der Waals surface area contributed by atoms with Crippen molar-refractivity contribution >= 4 is 11.6 Å². The lowest BCUT2D eigenvalue weighted by Gasteiger charge is -2.22. The van der Waals surface area contributed by atoms with E-state index < -0.39 is 0 Å². The van der Waals surface area contributed by atoms with Gasteiger partial charge in [-0.3, -0.25) is 0 Å². The van der Waals surface area contributed by atoms with Gasteiger partial charge in [-0.05, 0) is 42.5 Å². The molecule has 0 spiro atoms. The Morgan fingerprint density at radius 1 is 1.46 bits per heavy atom. The van der Waals surface area contributed by atoms with Gasteiger partial charge in [-0.1, -0.05) is 11.6 Å². The Labute approximate surface area is 81.7 Å². The Hall–Kier alpha value is -0.600. The average Bonchev–Trinajstić information content (AvgIpc) is 2.07. The van der Waals surface area contributed by atoms with Gasteiger partial charge in [0.25, 0.3) is 0 Å². The summed E-state index contributed by atoms with van der Waals surface area (Å²) < 4.78 is 13.0. The summed E-state index contributed by atoms with van der Waals surface area (Å²) >= 11 is 5.92. The van der Waals surface area contributed by atoms with Crippen molar-refractivity contribution in [1.82, 2.24) is 0 Å². The van der Waals surface area contributed by atoms with E-state index in [2.05, 4.69) is 0 Å². The molecule has 1 aromatic rings.